The van der Waals surface area contributed by atoms with E-state index in [1.165, 1.54) is 5.39 Å². The molecule has 0 bridgehead atoms. The van der Waals surface area contributed by atoms with Crippen LogP contribution in [0.3, 0.4) is 0 Å². The molecule has 0 N–H and O–H groups in total. The molecule has 0 aliphatic heterocycles. The normalized spacial score (nSPS) is 10.5. The zero-order valence-corrected chi connectivity index (χ0v) is 10.4. The Balaban J connectivity index is 1.98. The van der Waals surface area contributed by atoms with E-state index in [9.17, 15) is 0 Å². The van der Waals surface area contributed by atoms with Gasteiger partial charge < -0.3 is 4.74 Å². The Hall–Kier alpha value is -1.99. The van der Waals surface area contributed by atoms with Gasteiger partial charge >= 0.3 is 0 Å². The third-order valence-corrected chi connectivity index (χ3v) is 3.10. The number of hydrogen-bond donors (Lipinski definition) is 0. The summed E-state index contributed by atoms with van der Waals surface area (Å²) < 4.78 is 5.79. The van der Waals surface area contributed by atoms with Gasteiger partial charge in [-0.2, -0.15) is 0 Å². The summed E-state index contributed by atoms with van der Waals surface area (Å²) in [5, 5.41) is 2.97. The summed E-state index contributed by atoms with van der Waals surface area (Å²) in [5.41, 5.74) is 0. The number of hydrogen-bond acceptors (Lipinski definition) is 1. The molecule has 0 saturated carbocycles. The lowest BCUT2D eigenvalue weighted by atomic mass is 10.1. The van der Waals surface area contributed by atoms with Gasteiger partial charge in [-0.1, -0.05) is 54.1 Å². The van der Waals surface area contributed by atoms with Crippen molar-refractivity contribution in [3.63, 3.8) is 0 Å². The number of fused-ring (bicyclic) bond motifs is 1. The SMILES string of the molecule is Clc1ccccc1Oc1ccc2ccccc2c1. The van der Waals surface area contributed by atoms with Gasteiger partial charge in [0.25, 0.3) is 0 Å². The molecule has 3 rings (SSSR count). The van der Waals surface area contributed by atoms with Crippen LogP contribution in [-0.4, -0.2) is 0 Å². The van der Waals surface area contributed by atoms with Crippen molar-refractivity contribution in [2.24, 2.45) is 0 Å². The molecule has 88 valence electrons. The predicted molar refractivity (Wildman–Crippen MR) is 75.5 cm³/mol. The summed E-state index contributed by atoms with van der Waals surface area (Å²) in [6.07, 6.45) is 0. The second kappa shape index (κ2) is 4.71. The molecule has 0 atom stereocenters. The van der Waals surface area contributed by atoms with Gasteiger partial charge in [-0.05, 0) is 35.0 Å². The smallest absolute Gasteiger partial charge is 0.146 e. The Morgan fingerprint density at radius 2 is 1.44 bits per heavy atom. The number of ether oxygens (including phenoxy) is 1. The van der Waals surface area contributed by atoms with Gasteiger partial charge in [0.2, 0.25) is 0 Å². The van der Waals surface area contributed by atoms with E-state index >= 15 is 0 Å². The molecule has 0 spiro atoms. The van der Waals surface area contributed by atoms with E-state index in [2.05, 4.69) is 12.1 Å². The van der Waals surface area contributed by atoms with Crippen molar-refractivity contribution in [1.29, 1.82) is 0 Å². The van der Waals surface area contributed by atoms with E-state index in [4.69, 9.17) is 16.3 Å². The average molecular weight is 255 g/mol. The molecule has 0 amide bonds. The molecular weight excluding hydrogens is 244 g/mol. The van der Waals surface area contributed by atoms with Crippen LogP contribution in [0.5, 0.6) is 11.5 Å². The maximum absolute atomic E-state index is 6.07. The molecule has 3 aromatic rings. The number of benzene rings is 3. The third kappa shape index (κ3) is 2.18. The average Bonchev–Trinajstić information content (AvgIpc) is 2.41. The molecular formula is C16H11ClO. The first-order valence-corrected chi connectivity index (χ1v) is 6.12. The Labute approximate surface area is 111 Å². The lowest BCUT2D eigenvalue weighted by molar-refractivity contribution is 0.483. The van der Waals surface area contributed by atoms with Gasteiger partial charge in [-0.25, -0.2) is 0 Å². The molecule has 0 fully saturated rings. The fourth-order valence-corrected chi connectivity index (χ4v) is 2.06. The minimum atomic E-state index is 0.616. The largest absolute Gasteiger partial charge is 0.456 e. The van der Waals surface area contributed by atoms with Crippen molar-refractivity contribution < 1.29 is 4.74 Å². The summed E-state index contributed by atoms with van der Waals surface area (Å²) in [6.45, 7) is 0. The minimum absolute atomic E-state index is 0.616. The van der Waals surface area contributed by atoms with Crippen molar-refractivity contribution in [3.05, 3.63) is 71.8 Å². The molecule has 0 unspecified atom stereocenters. The molecule has 0 aliphatic carbocycles. The fraction of sp³-hybridized carbons (Fsp3) is 0. The van der Waals surface area contributed by atoms with Gasteiger partial charge in [0, 0.05) is 0 Å². The molecule has 18 heavy (non-hydrogen) atoms. The number of para-hydroxylation sites is 1. The van der Waals surface area contributed by atoms with Crippen LogP contribution in [0, 0.1) is 0 Å². The van der Waals surface area contributed by atoms with Crippen LogP contribution < -0.4 is 4.74 Å². The summed E-state index contributed by atoms with van der Waals surface area (Å²) >= 11 is 6.07. The van der Waals surface area contributed by atoms with Crippen LogP contribution in [0.25, 0.3) is 10.8 Å². The van der Waals surface area contributed by atoms with Gasteiger partial charge in [0.05, 0.1) is 5.02 Å². The first-order valence-electron chi connectivity index (χ1n) is 5.74. The van der Waals surface area contributed by atoms with Gasteiger partial charge in [0.15, 0.2) is 0 Å². The Bertz CT molecular complexity index is 691. The molecule has 0 saturated heterocycles. The molecule has 0 heterocycles. The fourth-order valence-electron chi connectivity index (χ4n) is 1.89. The number of halogens is 1. The first-order chi connectivity index (χ1) is 8.83. The summed E-state index contributed by atoms with van der Waals surface area (Å²) in [5.74, 6) is 1.47. The highest BCUT2D eigenvalue weighted by Gasteiger charge is 2.02. The van der Waals surface area contributed by atoms with E-state index in [0.29, 0.717) is 10.8 Å². The number of rotatable bonds is 2. The molecule has 1 nitrogen and oxygen atoms in total. The van der Waals surface area contributed by atoms with Crippen LogP contribution in [0.2, 0.25) is 5.02 Å². The van der Waals surface area contributed by atoms with Crippen molar-refractivity contribution in [2.45, 2.75) is 0 Å². The lowest BCUT2D eigenvalue weighted by Gasteiger charge is -2.08. The van der Waals surface area contributed by atoms with E-state index in [-0.39, 0.29) is 0 Å². The quantitative estimate of drug-likeness (QED) is 0.604. The molecule has 3 aromatic carbocycles. The molecule has 0 aliphatic rings. The summed E-state index contributed by atoms with van der Waals surface area (Å²) in [6, 6.07) is 21.7. The zero-order chi connectivity index (χ0) is 12.4. The minimum Gasteiger partial charge on any atom is -0.456 e. The van der Waals surface area contributed by atoms with Crippen LogP contribution in [0.4, 0.5) is 0 Å². The van der Waals surface area contributed by atoms with E-state index in [0.717, 1.165) is 11.1 Å². The molecule has 2 heteroatoms. The maximum atomic E-state index is 6.07. The van der Waals surface area contributed by atoms with Crippen molar-refractivity contribution >= 4 is 22.4 Å². The standard InChI is InChI=1S/C16H11ClO/c17-15-7-3-4-8-16(15)18-14-10-9-12-5-1-2-6-13(12)11-14/h1-11H. The highest BCUT2D eigenvalue weighted by atomic mass is 35.5. The second-order valence-corrected chi connectivity index (χ2v) is 4.45. The monoisotopic (exact) mass is 254 g/mol. The third-order valence-electron chi connectivity index (χ3n) is 2.79. The van der Waals surface area contributed by atoms with Crippen LogP contribution in [-0.2, 0) is 0 Å². The second-order valence-electron chi connectivity index (χ2n) is 4.04. The topological polar surface area (TPSA) is 9.23 Å². The van der Waals surface area contributed by atoms with E-state index < -0.39 is 0 Å². The zero-order valence-electron chi connectivity index (χ0n) is 9.64. The van der Waals surface area contributed by atoms with E-state index in [1.54, 1.807) is 0 Å². The Morgan fingerprint density at radius 3 is 2.28 bits per heavy atom. The Kier molecular flexibility index (Phi) is 2.91. The lowest BCUT2D eigenvalue weighted by Crippen LogP contribution is -1.85. The van der Waals surface area contributed by atoms with Crippen molar-refractivity contribution in [2.75, 3.05) is 0 Å². The Morgan fingerprint density at radius 1 is 0.722 bits per heavy atom. The van der Waals surface area contributed by atoms with Crippen LogP contribution in [0.15, 0.2) is 66.7 Å². The highest BCUT2D eigenvalue weighted by Crippen LogP contribution is 2.30. The molecule has 0 aromatic heterocycles. The van der Waals surface area contributed by atoms with Crippen molar-refractivity contribution in [3.8, 4) is 11.5 Å². The maximum Gasteiger partial charge on any atom is 0.146 e. The van der Waals surface area contributed by atoms with Gasteiger partial charge in [-0.3, -0.25) is 0 Å². The van der Waals surface area contributed by atoms with Crippen LogP contribution >= 0.6 is 11.6 Å². The van der Waals surface area contributed by atoms with Gasteiger partial charge in [0.1, 0.15) is 11.5 Å². The first kappa shape index (κ1) is 11.1. The molecule has 0 radical (unpaired) electrons. The van der Waals surface area contributed by atoms with Crippen LogP contribution in [0.1, 0.15) is 0 Å². The van der Waals surface area contributed by atoms with Crippen molar-refractivity contribution in [1.82, 2.24) is 0 Å². The van der Waals surface area contributed by atoms with E-state index in [1.807, 2.05) is 54.6 Å². The highest BCUT2D eigenvalue weighted by molar-refractivity contribution is 6.32. The summed E-state index contributed by atoms with van der Waals surface area (Å²) in [4.78, 5) is 0. The predicted octanol–water partition coefficient (Wildman–Crippen LogP) is 5.29. The van der Waals surface area contributed by atoms with Gasteiger partial charge in [-0.15, -0.1) is 0 Å². The summed E-state index contributed by atoms with van der Waals surface area (Å²) in [7, 11) is 0.